The van der Waals surface area contributed by atoms with Gasteiger partial charge in [0.05, 0.1) is 12.0 Å². The molecule has 0 aliphatic heterocycles. The molecule has 0 radical (unpaired) electrons. The van der Waals surface area contributed by atoms with Crippen LogP contribution in [0.15, 0.2) is 65.0 Å². The summed E-state index contributed by atoms with van der Waals surface area (Å²) in [5.74, 6) is 0.504. The topological polar surface area (TPSA) is 111 Å². The highest BCUT2D eigenvalue weighted by atomic mass is 32.2. The number of aryl methyl sites for hydroxylation is 1. The van der Waals surface area contributed by atoms with Gasteiger partial charge in [0.1, 0.15) is 0 Å². The van der Waals surface area contributed by atoms with Crippen LogP contribution in [0, 0.1) is 6.92 Å². The lowest BCUT2D eigenvalue weighted by molar-refractivity contribution is -0.113. The molecule has 4 rings (SSSR count). The van der Waals surface area contributed by atoms with Gasteiger partial charge >= 0.3 is 0 Å². The molecule has 4 N–H and O–H groups in total. The molecule has 4 aromatic rings. The van der Waals surface area contributed by atoms with E-state index in [1.54, 1.807) is 6.21 Å². The van der Waals surface area contributed by atoms with E-state index in [0.717, 1.165) is 27.7 Å². The number of rotatable bonds is 7. The molecule has 0 fully saturated rings. The minimum absolute atomic E-state index is 0.114. The summed E-state index contributed by atoms with van der Waals surface area (Å²) in [6, 6.07) is 15.7. The Balaban J connectivity index is 1.29. The van der Waals surface area contributed by atoms with Crippen molar-refractivity contribution in [3.8, 4) is 0 Å². The van der Waals surface area contributed by atoms with E-state index in [9.17, 15) is 4.79 Å². The SMILES string of the molecule is Cc1cccc(NC(=O)CSc2n[nH]c(N/N=C/c3c[nH]c4ccccc34)n2)c1. The minimum Gasteiger partial charge on any atom is -0.361 e. The minimum atomic E-state index is -0.114. The van der Waals surface area contributed by atoms with Crippen LogP contribution in [0.1, 0.15) is 11.1 Å². The fourth-order valence-corrected chi connectivity index (χ4v) is 3.37. The molecule has 0 unspecified atom stereocenters. The van der Waals surface area contributed by atoms with Crippen LogP contribution < -0.4 is 10.7 Å². The number of nitrogens with one attached hydrogen (secondary N) is 4. The monoisotopic (exact) mass is 405 g/mol. The average molecular weight is 405 g/mol. The quantitative estimate of drug-likeness (QED) is 0.212. The van der Waals surface area contributed by atoms with E-state index in [0.29, 0.717) is 11.1 Å². The van der Waals surface area contributed by atoms with Crippen molar-refractivity contribution in [1.82, 2.24) is 20.2 Å². The van der Waals surface area contributed by atoms with Crippen LogP contribution in [0.2, 0.25) is 0 Å². The van der Waals surface area contributed by atoms with E-state index in [4.69, 9.17) is 0 Å². The van der Waals surface area contributed by atoms with Gasteiger partial charge in [-0.25, -0.2) is 10.5 Å². The van der Waals surface area contributed by atoms with Gasteiger partial charge < -0.3 is 10.3 Å². The number of H-pyrrole nitrogens is 2. The first-order chi connectivity index (χ1) is 14.2. The number of hydrazone groups is 1. The first-order valence-corrected chi connectivity index (χ1v) is 9.93. The second-order valence-corrected chi connectivity index (χ2v) is 7.28. The Bertz CT molecular complexity index is 1160. The number of anilines is 2. The van der Waals surface area contributed by atoms with Gasteiger partial charge in [0, 0.05) is 28.4 Å². The van der Waals surface area contributed by atoms with E-state index in [-0.39, 0.29) is 11.7 Å². The Morgan fingerprint density at radius 2 is 2.14 bits per heavy atom. The molecule has 2 aromatic heterocycles. The van der Waals surface area contributed by atoms with Crippen molar-refractivity contribution in [2.45, 2.75) is 12.1 Å². The number of fused-ring (bicyclic) bond motifs is 1. The maximum absolute atomic E-state index is 12.1. The Morgan fingerprint density at radius 3 is 3.03 bits per heavy atom. The van der Waals surface area contributed by atoms with Crippen LogP contribution >= 0.6 is 11.8 Å². The molecular weight excluding hydrogens is 386 g/mol. The fraction of sp³-hybridized carbons (Fsp3) is 0.100. The number of thioether (sulfide) groups is 1. The molecule has 0 bridgehead atoms. The highest BCUT2D eigenvalue weighted by Gasteiger charge is 2.08. The fourth-order valence-electron chi connectivity index (χ4n) is 2.77. The van der Waals surface area contributed by atoms with Gasteiger partial charge in [-0.1, -0.05) is 42.1 Å². The molecule has 0 aliphatic rings. The lowest BCUT2D eigenvalue weighted by Crippen LogP contribution is -2.14. The van der Waals surface area contributed by atoms with Crippen molar-refractivity contribution < 1.29 is 4.79 Å². The number of amides is 1. The Labute approximate surface area is 171 Å². The maximum Gasteiger partial charge on any atom is 0.240 e. The number of nitrogens with zero attached hydrogens (tertiary/aromatic N) is 3. The molecular formula is C20H19N7OS. The van der Waals surface area contributed by atoms with Gasteiger partial charge in [-0.15, -0.1) is 5.10 Å². The van der Waals surface area contributed by atoms with Crippen molar-refractivity contribution in [2.75, 3.05) is 16.5 Å². The van der Waals surface area contributed by atoms with E-state index in [1.807, 2.05) is 61.7 Å². The zero-order valence-electron chi connectivity index (χ0n) is 15.6. The first-order valence-electron chi connectivity index (χ1n) is 8.94. The average Bonchev–Trinajstić information content (AvgIpc) is 3.34. The van der Waals surface area contributed by atoms with Crippen molar-refractivity contribution in [1.29, 1.82) is 0 Å². The summed E-state index contributed by atoms with van der Waals surface area (Å²) >= 11 is 1.24. The zero-order valence-corrected chi connectivity index (χ0v) is 16.5. The normalized spacial score (nSPS) is 11.2. The maximum atomic E-state index is 12.1. The standard InChI is InChI=1S/C20H19N7OS/c1-13-5-4-6-15(9-13)23-18(28)12-29-20-24-19(26-27-20)25-22-11-14-10-21-17-8-3-2-7-16(14)17/h2-11,21H,12H2,1H3,(H,23,28)(H2,24,25,26,27)/b22-11+. The molecule has 0 spiro atoms. The van der Waals surface area contributed by atoms with Crippen LogP contribution in [0.25, 0.3) is 10.9 Å². The van der Waals surface area contributed by atoms with Crippen LogP contribution in [0.4, 0.5) is 11.6 Å². The van der Waals surface area contributed by atoms with Crippen molar-refractivity contribution >= 4 is 46.4 Å². The Hall–Kier alpha value is -3.59. The van der Waals surface area contributed by atoms with Crippen molar-refractivity contribution in [3.63, 3.8) is 0 Å². The van der Waals surface area contributed by atoms with Crippen molar-refractivity contribution in [2.24, 2.45) is 5.10 Å². The number of para-hydroxylation sites is 1. The highest BCUT2D eigenvalue weighted by molar-refractivity contribution is 7.99. The van der Waals surface area contributed by atoms with E-state index < -0.39 is 0 Å². The van der Waals surface area contributed by atoms with Crippen LogP contribution in [0.5, 0.6) is 0 Å². The molecule has 0 aliphatic carbocycles. The molecule has 0 saturated carbocycles. The van der Waals surface area contributed by atoms with Crippen LogP contribution in [0.3, 0.4) is 0 Å². The number of carbonyl (C=O) groups excluding carboxylic acids is 1. The smallest absolute Gasteiger partial charge is 0.240 e. The molecule has 2 heterocycles. The number of hydrogen-bond donors (Lipinski definition) is 4. The number of aromatic nitrogens is 4. The number of benzene rings is 2. The van der Waals surface area contributed by atoms with Gasteiger partial charge in [-0.2, -0.15) is 10.1 Å². The van der Waals surface area contributed by atoms with Gasteiger partial charge in [-0.05, 0) is 30.7 Å². The summed E-state index contributed by atoms with van der Waals surface area (Å²) in [6.45, 7) is 1.98. The lowest BCUT2D eigenvalue weighted by atomic mass is 10.2. The second kappa shape index (κ2) is 8.61. The summed E-state index contributed by atoms with van der Waals surface area (Å²) in [6.07, 6.45) is 3.60. The summed E-state index contributed by atoms with van der Waals surface area (Å²) in [5.41, 5.74) is 6.70. The summed E-state index contributed by atoms with van der Waals surface area (Å²) in [4.78, 5) is 19.5. The number of carbonyl (C=O) groups is 1. The third-order valence-electron chi connectivity index (χ3n) is 4.09. The van der Waals surface area contributed by atoms with E-state index in [2.05, 4.69) is 36.0 Å². The Morgan fingerprint density at radius 1 is 1.24 bits per heavy atom. The molecule has 29 heavy (non-hydrogen) atoms. The number of aromatic amines is 2. The predicted octanol–water partition coefficient (Wildman–Crippen LogP) is 3.77. The van der Waals surface area contributed by atoms with Gasteiger partial charge in [-0.3, -0.25) is 4.79 Å². The third-order valence-corrected chi connectivity index (χ3v) is 4.94. The third kappa shape index (κ3) is 4.82. The van der Waals surface area contributed by atoms with Gasteiger partial charge in [0.15, 0.2) is 0 Å². The summed E-state index contributed by atoms with van der Waals surface area (Å²) < 4.78 is 0. The van der Waals surface area contributed by atoms with Gasteiger partial charge in [0.25, 0.3) is 0 Å². The first kappa shape index (κ1) is 18.8. The van der Waals surface area contributed by atoms with Crippen molar-refractivity contribution in [3.05, 3.63) is 65.9 Å². The predicted molar refractivity (Wildman–Crippen MR) is 116 cm³/mol. The van der Waals surface area contributed by atoms with Gasteiger partial charge in [0.2, 0.25) is 17.0 Å². The summed E-state index contributed by atoms with van der Waals surface area (Å²) in [7, 11) is 0. The largest absolute Gasteiger partial charge is 0.361 e. The van der Waals surface area contributed by atoms with Crippen LogP contribution in [-0.2, 0) is 4.79 Å². The van der Waals surface area contributed by atoms with E-state index in [1.165, 1.54) is 11.8 Å². The molecule has 8 nitrogen and oxygen atoms in total. The van der Waals surface area contributed by atoms with E-state index >= 15 is 0 Å². The summed E-state index contributed by atoms with van der Waals surface area (Å²) in [5, 5.41) is 15.4. The Kier molecular flexibility index (Phi) is 5.57. The molecule has 9 heteroatoms. The molecule has 0 saturated heterocycles. The molecule has 0 atom stereocenters. The highest BCUT2D eigenvalue weighted by Crippen LogP contribution is 2.17. The lowest BCUT2D eigenvalue weighted by Gasteiger charge is -2.04. The molecule has 146 valence electrons. The molecule has 1 amide bonds. The second-order valence-electron chi connectivity index (χ2n) is 6.33. The zero-order chi connectivity index (χ0) is 20.1. The number of hydrogen-bond acceptors (Lipinski definition) is 6. The molecule has 2 aromatic carbocycles. The van der Waals surface area contributed by atoms with Crippen LogP contribution in [-0.4, -0.2) is 38.0 Å².